The van der Waals surface area contributed by atoms with Gasteiger partial charge in [0, 0.05) is 25.1 Å². The van der Waals surface area contributed by atoms with Gasteiger partial charge in [-0.3, -0.25) is 4.68 Å². The summed E-state index contributed by atoms with van der Waals surface area (Å²) >= 11 is 0. The summed E-state index contributed by atoms with van der Waals surface area (Å²) in [6.45, 7) is 3.69. The minimum Gasteiger partial charge on any atom is -0.383 e. The average molecular weight is 271 g/mol. The zero-order valence-corrected chi connectivity index (χ0v) is 12.1. The summed E-state index contributed by atoms with van der Waals surface area (Å²) in [5.41, 5.74) is 10.8. The molecule has 0 amide bonds. The fourth-order valence-electron chi connectivity index (χ4n) is 2.82. The molecule has 4 nitrogen and oxygen atoms in total. The Balaban J connectivity index is 2.06. The number of rotatable bonds is 2. The molecule has 2 N–H and O–H groups in total. The molecule has 1 saturated heterocycles. The molecule has 0 aliphatic carbocycles. The number of nitrogens with zero attached hydrogens (tertiary/aromatic N) is 2. The molecule has 0 spiro atoms. The largest absolute Gasteiger partial charge is 0.383 e. The van der Waals surface area contributed by atoms with Crippen LogP contribution in [0.25, 0.3) is 11.1 Å². The highest BCUT2D eigenvalue weighted by Gasteiger charge is 2.25. The number of hydrogen-bond donors (Lipinski definition) is 1. The molecule has 1 aliphatic rings. The van der Waals surface area contributed by atoms with Gasteiger partial charge in [-0.2, -0.15) is 5.10 Å². The van der Waals surface area contributed by atoms with Crippen molar-refractivity contribution in [1.29, 1.82) is 0 Å². The SMILES string of the molecule is Cc1ccc(-c2c(C3CCCOC3)nn(C)c2N)cc1. The molecule has 106 valence electrons. The molecule has 1 fully saturated rings. The van der Waals surface area contributed by atoms with Gasteiger partial charge in [0.15, 0.2) is 0 Å². The van der Waals surface area contributed by atoms with Gasteiger partial charge in [-0.15, -0.1) is 0 Å². The van der Waals surface area contributed by atoms with E-state index in [4.69, 9.17) is 10.5 Å². The maximum atomic E-state index is 6.24. The predicted molar refractivity (Wildman–Crippen MR) is 80.6 cm³/mol. The van der Waals surface area contributed by atoms with Crippen molar-refractivity contribution < 1.29 is 4.74 Å². The van der Waals surface area contributed by atoms with Crippen LogP contribution in [0.15, 0.2) is 24.3 Å². The zero-order chi connectivity index (χ0) is 14.1. The van der Waals surface area contributed by atoms with E-state index in [1.807, 2.05) is 7.05 Å². The number of hydrogen-bond acceptors (Lipinski definition) is 3. The van der Waals surface area contributed by atoms with Crippen LogP contribution in [-0.2, 0) is 11.8 Å². The lowest BCUT2D eigenvalue weighted by Gasteiger charge is -2.21. The average Bonchev–Trinajstić information content (AvgIpc) is 2.77. The standard InChI is InChI=1S/C16H21N3O/c1-11-5-7-12(8-6-11)14-15(18-19(2)16(14)17)13-4-3-9-20-10-13/h5-8,13H,3-4,9-10,17H2,1-2H3. The summed E-state index contributed by atoms with van der Waals surface area (Å²) in [6, 6.07) is 8.47. The third kappa shape index (κ3) is 2.31. The van der Waals surface area contributed by atoms with Crippen molar-refractivity contribution in [2.24, 2.45) is 7.05 Å². The molecular weight excluding hydrogens is 250 g/mol. The molecule has 1 aliphatic heterocycles. The van der Waals surface area contributed by atoms with Gasteiger partial charge in [0.2, 0.25) is 0 Å². The Hall–Kier alpha value is -1.81. The van der Waals surface area contributed by atoms with Crippen molar-refractivity contribution in [1.82, 2.24) is 9.78 Å². The van der Waals surface area contributed by atoms with Crippen molar-refractivity contribution in [3.8, 4) is 11.1 Å². The first-order valence-corrected chi connectivity index (χ1v) is 7.14. The smallest absolute Gasteiger partial charge is 0.129 e. The summed E-state index contributed by atoms with van der Waals surface area (Å²) in [5, 5.41) is 4.64. The molecule has 2 heterocycles. The summed E-state index contributed by atoms with van der Waals surface area (Å²) in [6.07, 6.45) is 2.21. The fraction of sp³-hybridized carbons (Fsp3) is 0.438. The lowest BCUT2D eigenvalue weighted by atomic mass is 9.92. The highest BCUT2D eigenvalue weighted by Crippen LogP contribution is 2.36. The highest BCUT2D eigenvalue weighted by atomic mass is 16.5. The minimum absolute atomic E-state index is 0.351. The normalized spacial score (nSPS) is 19.2. The molecule has 0 radical (unpaired) electrons. The second kappa shape index (κ2) is 5.29. The van der Waals surface area contributed by atoms with Gasteiger partial charge in [-0.05, 0) is 25.3 Å². The van der Waals surface area contributed by atoms with Gasteiger partial charge < -0.3 is 10.5 Å². The molecule has 0 bridgehead atoms. The van der Waals surface area contributed by atoms with E-state index in [0.29, 0.717) is 5.92 Å². The van der Waals surface area contributed by atoms with E-state index < -0.39 is 0 Å². The molecule has 1 unspecified atom stereocenters. The number of ether oxygens (including phenoxy) is 1. The third-order valence-electron chi connectivity index (χ3n) is 4.01. The first kappa shape index (κ1) is 13.2. The van der Waals surface area contributed by atoms with E-state index in [9.17, 15) is 0 Å². The van der Waals surface area contributed by atoms with Crippen LogP contribution in [0.1, 0.15) is 30.0 Å². The van der Waals surface area contributed by atoms with Gasteiger partial charge in [-0.1, -0.05) is 29.8 Å². The second-order valence-corrected chi connectivity index (χ2v) is 5.55. The quantitative estimate of drug-likeness (QED) is 0.913. The lowest BCUT2D eigenvalue weighted by Crippen LogP contribution is -2.16. The van der Waals surface area contributed by atoms with Crippen LogP contribution < -0.4 is 5.73 Å². The van der Waals surface area contributed by atoms with Crippen LogP contribution in [0.2, 0.25) is 0 Å². The Kier molecular flexibility index (Phi) is 3.49. The number of anilines is 1. The van der Waals surface area contributed by atoms with Crippen LogP contribution >= 0.6 is 0 Å². The Bertz CT molecular complexity index is 595. The highest BCUT2D eigenvalue weighted by molar-refractivity contribution is 5.77. The first-order chi connectivity index (χ1) is 9.66. The molecule has 2 aromatic rings. The van der Waals surface area contributed by atoms with Crippen LogP contribution in [0, 0.1) is 6.92 Å². The van der Waals surface area contributed by atoms with Crippen LogP contribution in [0.3, 0.4) is 0 Å². The third-order valence-corrected chi connectivity index (χ3v) is 4.01. The van der Waals surface area contributed by atoms with Crippen molar-refractivity contribution in [3.05, 3.63) is 35.5 Å². The van der Waals surface area contributed by atoms with Crippen LogP contribution in [-0.4, -0.2) is 23.0 Å². The summed E-state index contributed by atoms with van der Waals surface area (Å²) < 4.78 is 7.38. The van der Waals surface area contributed by atoms with Crippen molar-refractivity contribution in [2.75, 3.05) is 18.9 Å². The first-order valence-electron chi connectivity index (χ1n) is 7.14. The molecule has 0 saturated carbocycles. The van der Waals surface area contributed by atoms with Crippen LogP contribution in [0.5, 0.6) is 0 Å². The van der Waals surface area contributed by atoms with E-state index in [0.717, 1.165) is 48.7 Å². The molecule has 1 atom stereocenters. The van der Waals surface area contributed by atoms with Gasteiger partial charge in [0.1, 0.15) is 5.82 Å². The fourth-order valence-corrected chi connectivity index (χ4v) is 2.82. The zero-order valence-electron chi connectivity index (χ0n) is 12.1. The van der Waals surface area contributed by atoms with Gasteiger partial charge >= 0.3 is 0 Å². The Morgan fingerprint density at radius 1 is 1.30 bits per heavy atom. The monoisotopic (exact) mass is 271 g/mol. The molecule has 1 aromatic heterocycles. The number of aromatic nitrogens is 2. The summed E-state index contributed by atoms with van der Waals surface area (Å²) in [7, 11) is 1.90. The predicted octanol–water partition coefficient (Wildman–Crippen LogP) is 2.87. The Morgan fingerprint density at radius 2 is 2.05 bits per heavy atom. The Morgan fingerprint density at radius 3 is 2.70 bits per heavy atom. The maximum absolute atomic E-state index is 6.24. The van der Waals surface area contributed by atoms with Crippen molar-refractivity contribution >= 4 is 5.82 Å². The number of nitrogen functional groups attached to an aromatic ring is 1. The van der Waals surface area contributed by atoms with Crippen molar-refractivity contribution in [3.63, 3.8) is 0 Å². The van der Waals surface area contributed by atoms with E-state index in [1.165, 1.54) is 5.56 Å². The van der Waals surface area contributed by atoms with Crippen molar-refractivity contribution in [2.45, 2.75) is 25.7 Å². The number of nitrogens with two attached hydrogens (primary N) is 1. The summed E-state index contributed by atoms with van der Waals surface area (Å²) in [5.74, 6) is 1.08. The van der Waals surface area contributed by atoms with E-state index in [2.05, 4.69) is 36.3 Å². The molecule has 20 heavy (non-hydrogen) atoms. The van der Waals surface area contributed by atoms with E-state index in [1.54, 1.807) is 4.68 Å². The second-order valence-electron chi connectivity index (χ2n) is 5.55. The molecular formula is C16H21N3O. The van der Waals surface area contributed by atoms with Gasteiger partial charge in [0.05, 0.1) is 12.3 Å². The number of aryl methyl sites for hydroxylation is 2. The summed E-state index contributed by atoms with van der Waals surface area (Å²) in [4.78, 5) is 0. The Labute approximate surface area is 119 Å². The maximum Gasteiger partial charge on any atom is 0.129 e. The molecule has 4 heteroatoms. The number of benzene rings is 1. The van der Waals surface area contributed by atoms with Gasteiger partial charge in [-0.25, -0.2) is 0 Å². The lowest BCUT2D eigenvalue weighted by molar-refractivity contribution is 0.0793. The van der Waals surface area contributed by atoms with E-state index >= 15 is 0 Å². The van der Waals surface area contributed by atoms with E-state index in [-0.39, 0.29) is 0 Å². The van der Waals surface area contributed by atoms with Gasteiger partial charge in [0.25, 0.3) is 0 Å². The van der Waals surface area contributed by atoms with Crippen LogP contribution in [0.4, 0.5) is 5.82 Å². The topological polar surface area (TPSA) is 53.1 Å². The molecule has 3 rings (SSSR count). The molecule has 1 aromatic carbocycles. The minimum atomic E-state index is 0.351.